The van der Waals surface area contributed by atoms with Crippen molar-refractivity contribution in [2.75, 3.05) is 5.32 Å². The van der Waals surface area contributed by atoms with Crippen molar-refractivity contribution in [3.63, 3.8) is 0 Å². The summed E-state index contributed by atoms with van der Waals surface area (Å²) in [6.07, 6.45) is 3.28. The lowest BCUT2D eigenvalue weighted by Crippen LogP contribution is -2.28. The number of urea groups is 1. The maximum Gasteiger partial charge on any atom is 0.320 e. The molecule has 2 amide bonds. The van der Waals surface area contributed by atoms with E-state index in [1.165, 1.54) is 0 Å². The molecule has 1 aromatic carbocycles. The molecule has 9 heteroatoms. The predicted molar refractivity (Wildman–Crippen MR) is 89.0 cm³/mol. The van der Waals surface area contributed by atoms with E-state index >= 15 is 0 Å². The van der Waals surface area contributed by atoms with Crippen LogP contribution in [0.15, 0.2) is 42.7 Å². The van der Waals surface area contributed by atoms with Crippen LogP contribution in [0.1, 0.15) is 5.56 Å². The molecule has 2 aromatic heterocycles. The van der Waals surface area contributed by atoms with Gasteiger partial charge in [0.1, 0.15) is 16.7 Å². The summed E-state index contributed by atoms with van der Waals surface area (Å²) in [5.74, 6) is -1.46. The molecule has 6 nitrogen and oxygen atoms in total. The van der Waals surface area contributed by atoms with Crippen molar-refractivity contribution in [1.82, 2.24) is 20.5 Å². The molecule has 3 N–H and O–H groups in total. The summed E-state index contributed by atoms with van der Waals surface area (Å²) in [4.78, 5) is 15.8. The largest absolute Gasteiger partial charge is 0.334 e. The second-order valence-electron chi connectivity index (χ2n) is 5.08. The highest BCUT2D eigenvalue weighted by atomic mass is 35.5. The Labute approximate surface area is 146 Å². The minimum Gasteiger partial charge on any atom is -0.334 e. The number of pyridine rings is 1. The van der Waals surface area contributed by atoms with E-state index in [2.05, 4.69) is 25.8 Å². The number of hydrogen-bond donors (Lipinski definition) is 3. The highest BCUT2D eigenvalue weighted by Crippen LogP contribution is 2.21. The Morgan fingerprint density at radius 3 is 2.52 bits per heavy atom. The number of aromatic nitrogens is 3. The smallest absolute Gasteiger partial charge is 0.320 e. The van der Waals surface area contributed by atoms with Gasteiger partial charge < -0.3 is 5.32 Å². The highest BCUT2D eigenvalue weighted by Gasteiger charge is 2.10. The average molecular weight is 364 g/mol. The lowest BCUT2D eigenvalue weighted by atomic mass is 10.2. The van der Waals surface area contributed by atoms with Crippen LogP contribution < -0.4 is 10.6 Å². The van der Waals surface area contributed by atoms with Crippen LogP contribution in [0.3, 0.4) is 0 Å². The van der Waals surface area contributed by atoms with Gasteiger partial charge in [-0.3, -0.25) is 15.4 Å². The monoisotopic (exact) mass is 363 g/mol. The van der Waals surface area contributed by atoms with E-state index in [1.807, 2.05) is 0 Å². The van der Waals surface area contributed by atoms with Crippen LogP contribution in [0.4, 0.5) is 19.4 Å². The summed E-state index contributed by atoms with van der Waals surface area (Å²) in [7, 11) is 0. The number of H-pyrrole nitrogens is 1. The fourth-order valence-electron chi connectivity index (χ4n) is 2.12. The quantitative estimate of drug-likeness (QED) is 0.618. The Kier molecular flexibility index (Phi) is 4.90. The number of anilines is 1. The van der Waals surface area contributed by atoms with Gasteiger partial charge >= 0.3 is 6.03 Å². The van der Waals surface area contributed by atoms with Crippen LogP contribution in [-0.4, -0.2) is 21.2 Å². The number of carbonyl (C=O) groups is 1. The molecule has 0 aliphatic heterocycles. The van der Waals surface area contributed by atoms with E-state index in [9.17, 15) is 13.6 Å². The molecule has 0 aliphatic rings. The zero-order chi connectivity index (χ0) is 17.8. The Hall–Kier alpha value is -3.00. The first-order chi connectivity index (χ1) is 12.0. The molecule has 2 heterocycles. The van der Waals surface area contributed by atoms with E-state index in [0.29, 0.717) is 11.5 Å². The third-order valence-electron chi connectivity index (χ3n) is 3.31. The van der Waals surface area contributed by atoms with Crippen LogP contribution in [0.2, 0.25) is 5.02 Å². The molecular weight excluding hydrogens is 352 g/mol. The van der Waals surface area contributed by atoms with Crippen LogP contribution in [0.5, 0.6) is 0 Å². The molecule has 25 heavy (non-hydrogen) atoms. The first-order valence-electron chi connectivity index (χ1n) is 7.17. The molecule has 0 fully saturated rings. The maximum atomic E-state index is 13.4. The van der Waals surface area contributed by atoms with Crippen molar-refractivity contribution in [2.45, 2.75) is 6.54 Å². The molecule has 0 bridgehead atoms. The first kappa shape index (κ1) is 16.8. The zero-order valence-electron chi connectivity index (χ0n) is 12.7. The molecule has 0 atom stereocenters. The van der Waals surface area contributed by atoms with E-state index < -0.39 is 22.7 Å². The molecule has 3 rings (SSSR count). The van der Waals surface area contributed by atoms with Crippen LogP contribution in [0, 0.1) is 11.6 Å². The van der Waals surface area contributed by atoms with Crippen molar-refractivity contribution >= 4 is 23.4 Å². The van der Waals surface area contributed by atoms with Gasteiger partial charge in [0.2, 0.25) is 0 Å². The minimum atomic E-state index is -0.881. The van der Waals surface area contributed by atoms with Crippen molar-refractivity contribution in [3.8, 4) is 11.3 Å². The Morgan fingerprint density at radius 2 is 1.84 bits per heavy atom. The second-order valence-corrected chi connectivity index (χ2v) is 5.46. The fourth-order valence-corrected chi connectivity index (χ4v) is 2.23. The predicted octanol–water partition coefficient (Wildman–Crippen LogP) is 3.73. The molecular formula is C16H12ClF2N5O. The van der Waals surface area contributed by atoms with Gasteiger partial charge in [-0.2, -0.15) is 5.10 Å². The fraction of sp³-hybridized carbons (Fsp3) is 0.0625. The number of nitrogens with one attached hydrogen (secondary N) is 3. The first-order valence-corrected chi connectivity index (χ1v) is 7.55. The summed E-state index contributed by atoms with van der Waals surface area (Å²) in [5.41, 5.74) is 1.82. The number of hydrogen-bond acceptors (Lipinski definition) is 3. The van der Waals surface area contributed by atoms with Gasteiger partial charge in [0, 0.05) is 30.6 Å². The van der Waals surface area contributed by atoms with Gasteiger partial charge in [-0.1, -0.05) is 11.6 Å². The lowest BCUT2D eigenvalue weighted by molar-refractivity contribution is 0.251. The molecule has 0 unspecified atom stereocenters. The molecule has 3 aromatic rings. The summed E-state index contributed by atoms with van der Waals surface area (Å²) < 4.78 is 26.7. The molecule has 0 saturated heterocycles. The Bertz CT molecular complexity index is 878. The Morgan fingerprint density at radius 1 is 1.16 bits per heavy atom. The van der Waals surface area contributed by atoms with Gasteiger partial charge in [-0.05, 0) is 29.8 Å². The number of nitrogens with zero attached hydrogens (tertiary/aromatic N) is 2. The third-order valence-corrected chi connectivity index (χ3v) is 3.67. The minimum absolute atomic E-state index is 0.0710. The normalized spacial score (nSPS) is 10.5. The van der Waals surface area contributed by atoms with Gasteiger partial charge in [0.15, 0.2) is 5.82 Å². The number of rotatable bonds is 4. The highest BCUT2D eigenvalue weighted by molar-refractivity contribution is 6.30. The molecule has 0 spiro atoms. The van der Waals surface area contributed by atoms with E-state index in [-0.39, 0.29) is 12.1 Å². The summed E-state index contributed by atoms with van der Waals surface area (Å²) in [5, 5.41) is 11.2. The average Bonchev–Trinajstić information content (AvgIpc) is 3.07. The van der Waals surface area contributed by atoms with E-state index in [0.717, 1.165) is 17.7 Å². The van der Waals surface area contributed by atoms with E-state index in [1.54, 1.807) is 30.6 Å². The number of benzene rings is 1. The van der Waals surface area contributed by atoms with Crippen LogP contribution in [0.25, 0.3) is 11.3 Å². The van der Waals surface area contributed by atoms with Crippen molar-refractivity contribution in [2.24, 2.45) is 0 Å². The van der Waals surface area contributed by atoms with Crippen molar-refractivity contribution in [1.29, 1.82) is 0 Å². The molecule has 0 saturated carbocycles. The number of halogens is 3. The van der Waals surface area contributed by atoms with Crippen LogP contribution >= 0.6 is 11.6 Å². The van der Waals surface area contributed by atoms with Gasteiger partial charge in [0.05, 0.1) is 5.69 Å². The van der Waals surface area contributed by atoms with Crippen molar-refractivity contribution < 1.29 is 13.6 Å². The molecule has 0 radical (unpaired) electrons. The Balaban J connectivity index is 1.59. The third kappa shape index (κ3) is 4.10. The number of carbonyl (C=O) groups excluding carboxylic acids is 1. The lowest BCUT2D eigenvalue weighted by Gasteiger charge is -2.07. The van der Waals surface area contributed by atoms with Gasteiger partial charge in [-0.15, -0.1) is 0 Å². The number of amides is 2. The van der Waals surface area contributed by atoms with Gasteiger partial charge in [-0.25, -0.2) is 13.6 Å². The SMILES string of the molecule is O=C(NCc1cc(F)c(Cl)c(F)c1)Nc1cc(-c2ccncc2)[nH]n1. The summed E-state index contributed by atoms with van der Waals surface area (Å²) in [6.45, 7) is -0.0710. The maximum absolute atomic E-state index is 13.4. The standard InChI is InChI=1S/C16H12ClF2N5O/c17-15-11(18)5-9(6-12(15)19)8-21-16(25)22-14-7-13(23-24-14)10-1-3-20-4-2-10/h1-7H,8H2,(H3,21,22,23,24,25). The van der Waals surface area contributed by atoms with E-state index in [4.69, 9.17) is 11.6 Å². The van der Waals surface area contributed by atoms with Crippen LogP contribution in [-0.2, 0) is 6.54 Å². The molecule has 0 aliphatic carbocycles. The zero-order valence-corrected chi connectivity index (χ0v) is 13.4. The topological polar surface area (TPSA) is 82.7 Å². The summed E-state index contributed by atoms with van der Waals surface area (Å²) in [6, 6.07) is 6.78. The number of aromatic amines is 1. The molecule has 128 valence electrons. The van der Waals surface area contributed by atoms with Crippen molar-refractivity contribution in [3.05, 3.63) is 64.9 Å². The summed E-state index contributed by atoms with van der Waals surface area (Å²) >= 11 is 5.41. The second kappa shape index (κ2) is 7.27. The van der Waals surface area contributed by atoms with Gasteiger partial charge in [0.25, 0.3) is 0 Å².